The summed E-state index contributed by atoms with van der Waals surface area (Å²) in [5, 5.41) is 15.2. The number of ether oxygens (including phenoxy) is 1. The largest absolute Gasteiger partial charge is 0.491 e. The maximum Gasteiger partial charge on any atom is 0.275 e. The van der Waals surface area contributed by atoms with Gasteiger partial charge < -0.3 is 14.7 Å². The second kappa shape index (κ2) is 7.69. The first-order valence-electron chi connectivity index (χ1n) is 9.06. The second-order valence-electron chi connectivity index (χ2n) is 6.98. The number of carbonyl (C=O) groups excluding carboxylic acids is 1. The topological polar surface area (TPSA) is 93.4 Å². The maximum absolute atomic E-state index is 12.7. The fourth-order valence-electron chi connectivity index (χ4n) is 3.23. The zero-order chi connectivity index (χ0) is 19.6. The average Bonchev–Trinajstić information content (AvgIpc) is 3.36. The fourth-order valence-corrected chi connectivity index (χ4v) is 3.64. The summed E-state index contributed by atoms with van der Waals surface area (Å²) in [6.07, 6.45) is 5.59. The Hall–Kier alpha value is -2.78. The highest BCUT2D eigenvalue weighted by Crippen LogP contribution is 2.31. The number of benzene rings is 1. The van der Waals surface area contributed by atoms with Crippen LogP contribution in [0, 0.1) is 0 Å². The third-order valence-corrected chi connectivity index (χ3v) is 5.39. The summed E-state index contributed by atoms with van der Waals surface area (Å²) in [4.78, 5) is 14.4. The van der Waals surface area contributed by atoms with Crippen molar-refractivity contribution in [1.82, 2.24) is 23.4 Å². The van der Waals surface area contributed by atoms with Gasteiger partial charge in [-0.1, -0.05) is 6.07 Å². The van der Waals surface area contributed by atoms with Crippen molar-refractivity contribution < 1.29 is 14.6 Å². The highest BCUT2D eigenvalue weighted by atomic mass is 32.1. The van der Waals surface area contributed by atoms with E-state index >= 15 is 0 Å². The summed E-state index contributed by atoms with van der Waals surface area (Å²) in [5.74, 6) is 0.569. The summed E-state index contributed by atoms with van der Waals surface area (Å²) in [7, 11) is 0. The van der Waals surface area contributed by atoms with E-state index < -0.39 is 5.60 Å². The van der Waals surface area contributed by atoms with Crippen LogP contribution in [-0.2, 0) is 18.7 Å². The van der Waals surface area contributed by atoms with Crippen LogP contribution in [0.4, 0.5) is 0 Å². The quantitative estimate of drug-likeness (QED) is 0.706. The Labute approximate surface area is 166 Å². The van der Waals surface area contributed by atoms with Crippen LogP contribution in [0.25, 0.3) is 0 Å². The lowest BCUT2D eigenvalue weighted by Crippen LogP contribution is -2.32. The number of aryl methyl sites for hydroxylation is 1. The maximum atomic E-state index is 12.7. The van der Waals surface area contributed by atoms with Crippen LogP contribution in [0.3, 0.4) is 0 Å². The lowest BCUT2D eigenvalue weighted by molar-refractivity contribution is 0.0419. The second-order valence-corrected chi connectivity index (χ2v) is 7.54. The van der Waals surface area contributed by atoms with Crippen molar-refractivity contribution in [2.24, 2.45) is 0 Å². The number of hydrogen-bond acceptors (Lipinski definition) is 7. The van der Waals surface area contributed by atoms with E-state index in [1.165, 1.54) is 6.20 Å². The third kappa shape index (κ3) is 3.90. The van der Waals surface area contributed by atoms with Crippen LogP contribution in [0.2, 0.25) is 0 Å². The minimum atomic E-state index is -1.03. The van der Waals surface area contributed by atoms with E-state index in [0.29, 0.717) is 38.4 Å². The molecule has 0 aliphatic carbocycles. The smallest absolute Gasteiger partial charge is 0.275 e. The van der Waals surface area contributed by atoms with E-state index in [1.807, 2.05) is 30.5 Å². The molecule has 9 heteroatoms. The Bertz CT molecular complexity index is 941. The highest BCUT2D eigenvalue weighted by molar-refractivity contribution is 6.99. The molecule has 1 aliphatic rings. The number of amides is 1. The Morgan fingerprint density at radius 2 is 2.32 bits per heavy atom. The first-order chi connectivity index (χ1) is 13.5. The Kier molecular flexibility index (Phi) is 5.10. The van der Waals surface area contributed by atoms with Gasteiger partial charge in [0.05, 0.1) is 30.1 Å². The molecule has 0 bridgehead atoms. The van der Waals surface area contributed by atoms with E-state index in [9.17, 15) is 9.90 Å². The van der Waals surface area contributed by atoms with Gasteiger partial charge in [-0.2, -0.15) is 13.8 Å². The van der Waals surface area contributed by atoms with Gasteiger partial charge in [0.15, 0.2) is 5.69 Å². The molecule has 0 fully saturated rings. The van der Waals surface area contributed by atoms with Crippen LogP contribution < -0.4 is 4.74 Å². The molecule has 146 valence electrons. The summed E-state index contributed by atoms with van der Waals surface area (Å²) < 4.78 is 15.5. The average molecular weight is 399 g/mol. The van der Waals surface area contributed by atoms with Gasteiger partial charge in [0.1, 0.15) is 12.4 Å². The number of hydrogen-bond donors (Lipinski definition) is 1. The lowest BCUT2D eigenvalue weighted by Gasteiger charge is -2.25. The number of aliphatic hydroxyl groups is 1. The van der Waals surface area contributed by atoms with Crippen molar-refractivity contribution in [1.29, 1.82) is 0 Å². The molecule has 0 spiro atoms. The predicted molar refractivity (Wildman–Crippen MR) is 103 cm³/mol. The minimum Gasteiger partial charge on any atom is -0.491 e. The van der Waals surface area contributed by atoms with E-state index in [-0.39, 0.29) is 5.91 Å². The number of aromatic nitrogens is 4. The SMILES string of the molecule is CC(O)(CCn1cccn1)c1ccc2c(c1)CN(C(=O)c1cnsn1)CCO2. The van der Waals surface area contributed by atoms with Crippen molar-refractivity contribution in [2.75, 3.05) is 13.2 Å². The predicted octanol–water partition coefficient (Wildman–Crippen LogP) is 2.07. The fraction of sp³-hybridized carbons (Fsp3) is 0.368. The van der Waals surface area contributed by atoms with Gasteiger partial charge in [-0.05, 0) is 37.1 Å². The normalized spacial score (nSPS) is 16.0. The molecule has 4 rings (SSSR count). The molecule has 0 radical (unpaired) electrons. The van der Waals surface area contributed by atoms with E-state index in [2.05, 4.69) is 13.8 Å². The molecule has 1 atom stereocenters. The Morgan fingerprint density at radius 1 is 1.43 bits per heavy atom. The molecule has 1 unspecified atom stereocenters. The molecule has 3 heterocycles. The van der Waals surface area contributed by atoms with Crippen LogP contribution in [0.5, 0.6) is 5.75 Å². The van der Waals surface area contributed by atoms with Gasteiger partial charge >= 0.3 is 0 Å². The van der Waals surface area contributed by atoms with Crippen molar-refractivity contribution in [3.05, 3.63) is 59.7 Å². The van der Waals surface area contributed by atoms with Crippen molar-refractivity contribution >= 4 is 17.6 Å². The Morgan fingerprint density at radius 3 is 3.07 bits per heavy atom. The van der Waals surface area contributed by atoms with Gasteiger partial charge in [-0.15, -0.1) is 0 Å². The molecule has 1 amide bonds. The van der Waals surface area contributed by atoms with Crippen LogP contribution in [0.15, 0.2) is 42.9 Å². The van der Waals surface area contributed by atoms with Gasteiger partial charge in [0.2, 0.25) is 0 Å². The summed E-state index contributed by atoms with van der Waals surface area (Å²) in [6, 6.07) is 7.52. The molecule has 2 aromatic heterocycles. The zero-order valence-electron chi connectivity index (χ0n) is 15.5. The summed E-state index contributed by atoms with van der Waals surface area (Å²) >= 11 is 1.01. The molecule has 0 saturated heterocycles. The molecular formula is C19H21N5O3S. The molecule has 1 aromatic carbocycles. The van der Waals surface area contributed by atoms with Gasteiger partial charge in [-0.3, -0.25) is 9.48 Å². The molecule has 1 N–H and O–H groups in total. The number of nitrogens with zero attached hydrogens (tertiary/aromatic N) is 5. The van der Waals surface area contributed by atoms with E-state index in [4.69, 9.17) is 4.74 Å². The zero-order valence-corrected chi connectivity index (χ0v) is 16.3. The summed E-state index contributed by atoms with van der Waals surface area (Å²) in [5.41, 5.74) is 0.967. The van der Waals surface area contributed by atoms with Crippen molar-refractivity contribution in [2.45, 2.75) is 32.0 Å². The van der Waals surface area contributed by atoms with Gasteiger partial charge in [-0.25, -0.2) is 0 Å². The van der Waals surface area contributed by atoms with Gasteiger partial charge in [0.25, 0.3) is 5.91 Å². The van der Waals surface area contributed by atoms with Crippen molar-refractivity contribution in [3.63, 3.8) is 0 Å². The lowest BCUT2D eigenvalue weighted by atomic mass is 9.91. The molecule has 28 heavy (non-hydrogen) atoms. The monoisotopic (exact) mass is 399 g/mol. The van der Waals surface area contributed by atoms with Crippen molar-refractivity contribution in [3.8, 4) is 5.75 Å². The van der Waals surface area contributed by atoms with Crippen LogP contribution in [0.1, 0.15) is 35.0 Å². The highest BCUT2D eigenvalue weighted by Gasteiger charge is 2.27. The van der Waals surface area contributed by atoms with Gasteiger partial charge in [0, 0.05) is 31.0 Å². The Balaban J connectivity index is 1.54. The molecule has 1 aliphatic heterocycles. The first-order valence-corrected chi connectivity index (χ1v) is 9.79. The first kappa shape index (κ1) is 18.6. The molecule has 0 saturated carbocycles. The third-order valence-electron chi connectivity index (χ3n) is 4.92. The van der Waals surface area contributed by atoms with Crippen LogP contribution >= 0.6 is 11.7 Å². The molecule has 3 aromatic rings. The molecule has 8 nitrogen and oxygen atoms in total. The van der Waals surface area contributed by atoms with E-state index in [1.54, 1.807) is 22.7 Å². The molecular weight excluding hydrogens is 378 g/mol. The number of rotatable bonds is 5. The van der Waals surface area contributed by atoms with Crippen LogP contribution in [-0.4, -0.2) is 47.6 Å². The standard InChI is InChI=1S/C19H21N5O3S/c1-19(26,5-8-24-7-2-6-20-24)15-3-4-17-14(11-15)13-23(9-10-27-17)18(25)16-12-21-28-22-16/h2-4,6-7,11-12,26H,5,8-10,13H2,1H3. The van der Waals surface area contributed by atoms with E-state index in [0.717, 1.165) is 28.6 Å². The number of carbonyl (C=O) groups is 1. The number of fused-ring (bicyclic) bond motifs is 1. The minimum absolute atomic E-state index is 0.166. The summed E-state index contributed by atoms with van der Waals surface area (Å²) in [6.45, 7) is 3.67.